The zero-order valence-electron chi connectivity index (χ0n) is 17.4. The van der Waals surface area contributed by atoms with Crippen LogP contribution in [-0.4, -0.2) is 63.3 Å². The summed E-state index contributed by atoms with van der Waals surface area (Å²) in [6, 6.07) is 5.18. The van der Waals surface area contributed by atoms with Crippen molar-refractivity contribution < 1.29 is 22.7 Å². The van der Waals surface area contributed by atoms with Crippen LogP contribution < -0.4 is 14.8 Å². The Hall–Kier alpha value is -1.84. The second-order valence-corrected chi connectivity index (χ2v) is 9.77. The highest BCUT2D eigenvalue weighted by Gasteiger charge is 2.37. The van der Waals surface area contributed by atoms with Gasteiger partial charge in [-0.15, -0.1) is 0 Å². The van der Waals surface area contributed by atoms with E-state index in [1.54, 1.807) is 29.6 Å². The second-order valence-electron chi connectivity index (χ2n) is 7.84. The average molecular weight is 426 g/mol. The van der Waals surface area contributed by atoms with Gasteiger partial charge in [0.15, 0.2) is 0 Å². The molecule has 1 amide bonds. The van der Waals surface area contributed by atoms with Gasteiger partial charge in [-0.2, -0.15) is 17.0 Å². The number of ether oxygens (including phenoxy) is 2. The molecule has 0 saturated carbocycles. The Labute approximate surface area is 173 Å². The molecule has 1 atom stereocenters. The summed E-state index contributed by atoms with van der Waals surface area (Å²) in [6.45, 7) is 3.92. The summed E-state index contributed by atoms with van der Waals surface area (Å²) in [5.41, 5.74) is 0.516. The largest absolute Gasteiger partial charge is 0.497 e. The summed E-state index contributed by atoms with van der Waals surface area (Å²) in [5.74, 6) is 1.08. The molecule has 1 aromatic rings. The number of hydrogen-bond acceptors (Lipinski definition) is 5. The molecule has 1 N–H and O–H groups in total. The van der Waals surface area contributed by atoms with Gasteiger partial charge < -0.3 is 14.8 Å². The first kappa shape index (κ1) is 21.9. The number of carbonyl (C=O) groups is 1. The van der Waals surface area contributed by atoms with Crippen LogP contribution in [0.4, 0.5) is 5.69 Å². The van der Waals surface area contributed by atoms with Gasteiger partial charge in [-0.05, 0) is 43.7 Å². The van der Waals surface area contributed by atoms with E-state index in [2.05, 4.69) is 12.2 Å². The molecule has 2 heterocycles. The van der Waals surface area contributed by atoms with Gasteiger partial charge in [-0.1, -0.05) is 6.92 Å². The Kier molecular flexibility index (Phi) is 7.02. The molecule has 1 unspecified atom stereocenters. The van der Waals surface area contributed by atoms with Crippen LogP contribution in [-0.2, 0) is 15.0 Å². The van der Waals surface area contributed by atoms with Crippen molar-refractivity contribution in [2.24, 2.45) is 11.8 Å². The Morgan fingerprint density at radius 3 is 2.45 bits per heavy atom. The van der Waals surface area contributed by atoms with E-state index in [4.69, 9.17) is 9.47 Å². The van der Waals surface area contributed by atoms with Crippen LogP contribution in [0.1, 0.15) is 32.6 Å². The van der Waals surface area contributed by atoms with Crippen LogP contribution in [0.25, 0.3) is 0 Å². The van der Waals surface area contributed by atoms with E-state index in [0.717, 1.165) is 12.8 Å². The Morgan fingerprint density at radius 1 is 1.07 bits per heavy atom. The number of hydrogen-bond donors (Lipinski definition) is 1. The van der Waals surface area contributed by atoms with Gasteiger partial charge in [-0.25, -0.2) is 0 Å². The normalized spacial score (nSPS) is 22.2. The van der Waals surface area contributed by atoms with E-state index < -0.39 is 16.1 Å². The fourth-order valence-corrected chi connectivity index (χ4v) is 5.62. The lowest BCUT2D eigenvalue weighted by atomic mass is 9.98. The minimum atomic E-state index is -3.53. The van der Waals surface area contributed by atoms with Crippen molar-refractivity contribution in [2.45, 2.75) is 32.6 Å². The smallest absolute Gasteiger partial charge is 0.281 e. The summed E-state index contributed by atoms with van der Waals surface area (Å²) in [7, 11) is -0.442. The molecule has 3 rings (SSSR count). The maximum Gasteiger partial charge on any atom is 0.281 e. The minimum absolute atomic E-state index is 0.201. The molecule has 2 aliphatic rings. The van der Waals surface area contributed by atoms with Crippen molar-refractivity contribution in [2.75, 3.05) is 45.7 Å². The molecule has 2 fully saturated rings. The summed E-state index contributed by atoms with van der Waals surface area (Å²) in [6.07, 6.45) is 3.08. The first-order valence-electron chi connectivity index (χ1n) is 10.1. The monoisotopic (exact) mass is 425 g/mol. The molecule has 0 aromatic heterocycles. The molecule has 0 radical (unpaired) electrons. The lowest BCUT2D eigenvalue weighted by Crippen LogP contribution is -2.51. The summed E-state index contributed by atoms with van der Waals surface area (Å²) >= 11 is 0. The van der Waals surface area contributed by atoms with E-state index in [1.165, 1.54) is 11.4 Å². The molecule has 8 nitrogen and oxygen atoms in total. The maximum absolute atomic E-state index is 13.0. The van der Waals surface area contributed by atoms with Gasteiger partial charge >= 0.3 is 0 Å². The highest BCUT2D eigenvalue weighted by atomic mass is 32.2. The van der Waals surface area contributed by atoms with Gasteiger partial charge in [-0.3, -0.25) is 4.79 Å². The highest BCUT2D eigenvalue weighted by molar-refractivity contribution is 7.86. The van der Waals surface area contributed by atoms with E-state index in [9.17, 15) is 13.2 Å². The number of piperidine rings is 2. The predicted octanol–water partition coefficient (Wildman–Crippen LogP) is 2.33. The number of carbonyl (C=O) groups excluding carboxylic acids is 1. The number of amides is 1. The number of nitrogens with one attached hydrogen (secondary N) is 1. The lowest BCUT2D eigenvalue weighted by Gasteiger charge is -2.37. The zero-order valence-corrected chi connectivity index (χ0v) is 18.2. The molecule has 1 aromatic carbocycles. The number of nitrogens with zero attached hydrogens (tertiary/aromatic N) is 2. The third-order valence-corrected chi connectivity index (χ3v) is 7.82. The zero-order chi connectivity index (χ0) is 21.0. The number of methoxy groups -OCH3 is 2. The van der Waals surface area contributed by atoms with Crippen molar-refractivity contribution in [3.8, 4) is 11.5 Å². The first-order chi connectivity index (χ1) is 13.8. The average Bonchev–Trinajstić information content (AvgIpc) is 2.74. The van der Waals surface area contributed by atoms with Crippen molar-refractivity contribution in [1.29, 1.82) is 0 Å². The van der Waals surface area contributed by atoms with Gasteiger partial charge in [0.25, 0.3) is 10.2 Å². The quantitative estimate of drug-likeness (QED) is 0.756. The fourth-order valence-electron chi connectivity index (χ4n) is 3.89. The van der Waals surface area contributed by atoms with Crippen LogP contribution in [0, 0.1) is 11.8 Å². The van der Waals surface area contributed by atoms with Crippen LogP contribution in [0.2, 0.25) is 0 Å². The SMILES string of the molecule is COc1ccc(OC)c(NC(=O)C2CCCN(S(=O)(=O)N3CCC(C)CC3)C2)c1. The molecule has 9 heteroatoms. The summed E-state index contributed by atoms with van der Waals surface area (Å²) in [4.78, 5) is 12.9. The lowest BCUT2D eigenvalue weighted by molar-refractivity contribution is -0.120. The Morgan fingerprint density at radius 2 is 1.79 bits per heavy atom. The van der Waals surface area contributed by atoms with Crippen molar-refractivity contribution in [3.63, 3.8) is 0 Å². The Bertz CT molecular complexity index is 821. The van der Waals surface area contributed by atoms with Crippen molar-refractivity contribution in [3.05, 3.63) is 18.2 Å². The molecule has 162 valence electrons. The van der Waals surface area contributed by atoms with E-state index >= 15 is 0 Å². The predicted molar refractivity (Wildman–Crippen MR) is 111 cm³/mol. The topological polar surface area (TPSA) is 88.2 Å². The van der Waals surface area contributed by atoms with Crippen LogP contribution >= 0.6 is 0 Å². The third-order valence-electron chi connectivity index (χ3n) is 5.81. The van der Waals surface area contributed by atoms with Gasteiger partial charge in [0.05, 0.1) is 25.8 Å². The van der Waals surface area contributed by atoms with E-state index in [1.807, 2.05) is 0 Å². The molecule has 0 spiro atoms. The number of anilines is 1. The van der Waals surface area contributed by atoms with Crippen molar-refractivity contribution in [1.82, 2.24) is 8.61 Å². The van der Waals surface area contributed by atoms with Crippen LogP contribution in [0.15, 0.2) is 18.2 Å². The standard InChI is InChI=1S/C20H31N3O5S/c1-15-8-11-22(12-9-15)29(25,26)23-10-4-5-16(14-23)20(24)21-18-13-17(27-2)6-7-19(18)28-3/h6-7,13,15-16H,4-5,8-12,14H2,1-3H3,(H,21,24). The molecule has 2 saturated heterocycles. The molecule has 29 heavy (non-hydrogen) atoms. The second kappa shape index (κ2) is 9.32. The minimum Gasteiger partial charge on any atom is -0.497 e. The molecule has 0 aliphatic carbocycles. The van der Waals surface area contributed by atoms with Gasteiger partial charge in [0, 0.05) is 32.2 Å². The molecular weight excluding hydrogens is 394 g/mol. The van der Waals surface area contributed by atoms with Crippen LogP contribution in [0.5, 0.6) is 11.5 Å². The van der Waals surface area contributed by atoms with E-state index in [-0.39, 0.29) is 12.5 Å². The molecule has 0 bridgehead atoms. The summed E-state index contributed by atoms with van der Waals surface area (Å²) in [5, 5.41) is 2.88. The van der Waals surface area contributed by atoms with Crippen LogP contribution in [0.3, 0.4) is 0 Å². The van der Waals surface area contributed by atoms with Crippen molar-refractivity contribution >= 4 is 21.8 Å². The first-order valence-corrected chi connectivity index (χ1v) is 11.5. The molecular formula is C20H31N3O5S. The fraction of sp³-hybridized carbons (Fsp3) is 0.650. The summed E-state index contributed by atoms with van der Waals surface area (Å²) < 4.78 is 39.7. The third kappa shape index (κ3) is 5.02. The number of rotatable bonds is 6. The van der Waals surface area contributed by atoms with Gasteiger partial charge in [0.1, 0.15) is 11.5 Å². The number of benzene rings is 1. The van der Waals surface area contributed by atoms with Gasteiger partial charge in [0.2, 0.25) is 5.91 Å². The van der Waals surface area contributed by atoms with E-state index in [0.29, 0.717) is 55.6 Å². The maximum atomic E-state index is 13.0. The highest BCUT2D eigenvalue weighted by Crippen LogP contribution is 2.31. The molecule has 2 aliphatic heterocycles. The Balaban J connectivity index is 1.68.